The van der Waals surface area contributed by atoms with Gasteiger partial charge in [0.1, 0.15) is 0 Å². The van der Waals surface area contributed by atoms with Gasteiger partial charge in [-0.1, -0.05) is 24.3 Å². The van der Waals surface area contributed by atoms with E-state index < -0.39 is 27.2 Å². The van der Waals surface area contributed by atoms with E-state index in [0.717, 1.165) is 5.56 Å². The molecule has 0 spiro atoms. The third-order valence-corrected chi connectivity index (χ3v) is 5.35. The lowest BCUT2D eigenvalue weighted by atomic mass is 9.72. The summed E-state index contributed by atoms with van der Waals surface area (Å²) in [7, 11) is 0. The maximum absolute atomic E-state index is 13.2. The van der Waals surface area contributed by atoms with Crippen molar-refractivity contribution in [3.8, 4) is 0 Å². The molecule has 0 fully saturated rings. The summed E-state index contributed by atoms with van der Waals surface area (Å²) >= 11 is 0. The van der Waals surface area contributed by atoms with Crippen LogP contribution in [0.5, 0.6) is 0 Å². The highest BCUT2D eigenvalue weighted by molar-refractivity contribution is 5.84. The normalized spacial score (nSPS) is 12.4. The van der Waals surface area contributed by atoms with E-state index in [4.69, 9.17) is 9.47 Å². The van der Waals surface area contributed by atoms with E-state index in [2.05, 4.69) is 0 Å². The number of nitro benzene ring substituents is 2. The van der Waals surface area contributed by atoms with Crippen LogP contribution >= 0.6 is 0 Å². The third kappa shape index (κ3) is 6.58. The molecule has 0 amide bonds. The molecule has 0 aromatic heterocycles. The van der Waals surface area contributed by atoms with Gasteiger partial charge in [-0.2, -0.15) is 0 Å². The molecular weight excluding hydrogens is 432 g/mol. The van der Waals surface area contributed by atoms with Gasteiger partial charge in [-0.15, -0.1) is 0 Å². The number of non-ortho nitro benzene ring substituents is 2. The van der Waals surface area contributed by atoms with E-state index in [-0.39, 0.29) is 43.9 Å². The van der Waals surface area contributed by atoms with Crippen molar-refractivity contribution in [1.29, 1.82) is 0 Å². The molecule has 0 aliphatic carbocycles. The molecule has 176 valence electrons. The number of aryl methyl sites for hydroxylation is 1. The first-order chi connectivity index (χ1) is 15.7. The minimum absolute atomic E-state index is 0.0481. The lowest BCUT2D eigenvalue weighted by Crippen LogP contribution is -2.39. The maximum Gasteiger partial charge on any atom is 0.316 e. The Hall–Kier alpha value is -3.82. The van der Waals surface area contributed by atoms with Crippen molar-refractivity contribution in [2.45, 2.75) is 44.9 Å². The van der Waals surface area contributed by atoms with Crippen molar-refractivity contribution in [2.24, 2.45) is 0 Å². The fourth-order valence-electron chi connectivity index (χ4n) is 3.60. The number of rotatable bonds is 12. The molecule has 1 unspecified atom stereocenters. The van der Waals surface area contributed by atoms with Crippen LogP contribution in [0.2, 0.25) is 0 Å². The molecule has 2 rings (SSSR count). The van der Waals surface area contributed by atoms with Crippen LogP contribution in [0.1, 0.15) is 44.2 Å². The van der Waals surface area contributed by atoms with Crippen LogP contribution in [0.4, 0.5) is 11.4 Å². The van der Waals surface area contributed by atoms with Crippen molar-refractivity contribution >= 4 is 23.3 Å². The van der Waals surface area contributed by atoms with E-state index in [9.17, 15) is 29.8 Å². The average Bonchev–Trinajstić information content (AvgIpc) is 2.80. The lowest BCUT2D eigenvalue weighted by Gasteiger charge is -2.32. The van der Waals surface area contributed by atoms with Crippen LogP contribution < -0.4 is 0 Å². The van der Waals surface area contributed by atoms with Gasteiger partial charge in [0.25, 0.3) is 11.4 Å². The SMILES string of the molecule is CCOC(=O)CCC(CCc1ccc([N+](=O)[O-])cc1)(C(=O)OCC)c1ccc([N+](=O)[O-])cc1. The summed E-state index contributed by atoms with van der Waals surface area (Å²) in [6.45, 7) is 3.66. The molecule has 1 atom stereocenters. The smallest absolute Gasteiger partial charge is 0.316 e. The standard InChI is InChI=1S/C23H26N2O8/c1-3-32-21(26)14-16-23(22(27)33-4-2,18-7-11-20(12-8-18)25(30)31)15-13-17-5-9-19(10-6-17)24(28)29/h5-12H,3-4,13-16H2,1-2H3. The minimum atomic E-state index is -1.26. The molecule has 0 aliphatic rings. The topological polar surface area (TPSA) is 139 Å². The molecule has 0 N–H and O–H groups in total. The van der Waals surface area contributed by atoms with Crippen molar-refractivity contribution in [3.05, 3.63) is 79.9 Å². The number of ether oxygens (including phenoxy) is 2. The second kappa shape index (κ2) is 11.7. The molecule has 0 bridgehead atoms. The highest BCUT2D eigenvalue weighted by Gasteiger charge is 2.42. The summed E-state index contributed by atoms with van der Waals surface area (Å²) in [5.74, 6) is -1.02. The van der Waals surface area contributed by atoms with Crippen molar-refractivity contribution in [3.63, 3.8) is 0 Å². The molecule has 0 saturated carbocycles. The van der Waals surface area contributed by atoms with E-state index in [1.165, 1.54) is 36.4 Å². The zero-order valence-corrected chi connectivity index (χ0v) is 18.5. The Kier molecular flexibility index (Phi) is 9.02. The zero-order chi connectivity index (χ0) is 24.4. The van der Waals surface area contributed by atoms with Crippen molar-refractivity contribution in [1.82, 2.24) is 0 Å². The van der Waals surface area contributed by atoms with E-state index in [0.29, 0.717) is 12.0 Å². The number of nitro groups is 2. The van der Waals surface area contributed by atoms with E-state index in [1.54, 1.807) is 26.0 Å². The van der Waals surface area contributed by atoms with Crippen LogP contribution in [0, 0.1) is 20.2 Å². The summed E-state index contributed by atoms with van der Waals surface area (Å²) in [5.41, 5.74) is -0.199. The maximum atomic E-state index is 13.2. The molecule has 0 aliphatic heterocycles. The highest BCUT2D eigenvalue weighted by Crippen LogP contribution is 2.37. The lowest BCUT2D eigenvalue weighted by molar-refractivity contribution is -0.385. The van der Waals surface area contributed by atoms with Crippen molar-refractivity contribution in [2.75, 3.05) is 13.2 Å². The number of carbonyl (C=O) groups is 2. The molecule has 2 aromatic rings. The summed E-state index contributed by atoms with van der Waals surface area (Å²) in [6.07, 6.45) is 0.608. The van der Waals surface area contributed by atoms with Gasteiger partial charge in [-0.25, -0.2) is 0 Å². The fourth-order valence-corrected chi connectivity index (χ4v) is 3.60. The van der Waals surface area contributed by atoms with Gasteiger partial charge in [0.2, 0.25) is 0 Å². The Bertz CT molecular complexity index is 989. The largest absolute Gasteiger partial charge is 0.466 e. The first kappa shape index (κ1) is 25.4. The molecule has 0 heterocycles. The van der Waals surface area contributed by atoms with Crippen LogP contribution in [-0.4, -0.2) is 35.0 Å². The quantitative estimate of drug-likeness (QED) is 0.261. The number of hydrogen-bond donors (Lipinski definition) is 0. The summed E-state index contributed by atoms with van der Waals surface area (Å²) in [4.78, 5) is 46.3. The van der Waals surface area contributed by atoms with Crippen LogP contribution in [0.25, 0.3) is 0 Å². The van der Waals surface area contributed by atoms with E-state index in [1.807, 2.05) is 0 Å². The molecular formula is C23H26N2O8. The Balaban J connectivity index is 2.44. The summed E-state index contributed by atoms with van der Waals surface area (Å²) in [6, 6.07) is 11.6. The highest BCUT2D eigenvalue weighted by atomic mass is 16.6. The first-order valence-corrected chi connectivity index (χ1v) is 10.5. The van der Waals surface area contributed by atoms with Crippen molar-refractivity contribution < 1.29 is 28.9 Å². The van der Waals surface area contributed by atoms with Crippen LogP contribution in [0.15, 0.2) is 48.5 Å². The van der Waals surface area contributed by atoms with Gasteiger partial charge in [0.15, 0.2) is 0 Å². The number of carbonyl (C=O) groups excluding carboxylic acids is 2. The molecule has 10 heteroatoms. The molecule has 33 heavy (non-hydrogen) atoms. The summed E-state index contributed by atoms with van der Waals surface area (Å²) in [5, 5.41) is 22.0. The second-order valence-corrected chi connectivity index (χ2v) is 7.34. The van der Waals surface area contributed by atoms with Crippen LogP contribution in [0.3, 0.4) is 0 Å². The van der Waals surface area contributed by atoms with Gasteiger partial charge in [-0.05, 0) is 44.2 Å². The van der Waals surface area contributed by atoms with Gasteiger partial charge < -0.3 is 9.47 Å². The Morgan fingerprint density at radius 1 is 0.818 bits per heavy atom. The molecule has 10 nitrogen and oxygen atoms in total. The molecule has 0 radical (unpaired) electrons. The third-order valence-electron chi connectivity index (χ3n) is 5.35. The summed E-state index contributed by atoms with van der Waals surface area (Å²) < 4.78 is 10.4. The van der Waals surface area contributed by atoms with Gasteiger partial charge in [0.05, 0.1) is 28.5 Å². The molecule has 2 aromatic carbocycles. The zero-order valence-electron chi connectivity index (χ0n) is 18.5. The Morgan fingerprint density at radius 2 is 1.33 bits per heavy atom. The number of benzene rings is 2. The fraction of sp³-hybridized carbons (Fsp3) is 0.391. The average molecular weight is 458 g/mol. The first-order valence-electron chi connectivity index (χ1n) is 10.5. The number of nitrogens with zero attached hydrogens (tertiary/aromatic N) is 2. The number of hydrogen-bond acceptors (Lipinski definition) is 8. The van der Waals surface area contributed by atoms with Gasteiger partial charge in [0, 0.05) is 30.7 Å². The predicted molar refractivity (Wildman–Crippen MR) is 119 cm³/mol. The molecule has 0 saturated heterocycles. The predicted octanol–water partition coefficient (Wildman–Crippen LogP) is 4.28. The van der Waals surface area contributed by atoms with Gasteiger partial charge >= 0.3 is 11.9 Å². The Morgan fingerprint density at radius 3 is 1.82 bits per heavy atom. The van der Waals surface area contributed by atoms with E-state index >= 15 is 0 Å². The second-order valence-electron chi connectivity index (χ2n) is 7.34. The Labute approximate surface area is 190 Å². The number of esters is 2. The van der Waals surface area contributed by atoms with Gasteiger partial charge in [-0.3, -0.25) is 29.8 Å². The monoisotopic (exact) mass is 458 g/mol. The minimum Gasteiger partial charge on any atom is -0.466 e. The van der Waals surface area contributed by atoms with Crippen LogP contribution in [-0.2, 0) is 30.9 Å².